The quantitative estimate of drug-likeness (QED) is 0.270. The van der Waals surface area contributed by atoms with Crippen molar-refractivity contribution >= 4 is 34.3 Å². The van der Waals surface area contributed by atoms with E-state index in [4.69, 9.17) is 5.73 Å². The van der Waals surface area contributed by atoms with Gasteiger partial charge in [0.15, 0.2) is 11.5 Å². The van der Waals surface area contributed by atoms with Crippen LogP contribution in [0.3, 0.4) is 0 Å². The number of aliphatic carboxylic acids is 1. The lowest BCUT2D eigenvalue weighted by Gasteiger charge is -2.33. The number of aliphatic hydroxyl groups is 3. The van der Waals surface area contributed by atoms with Gasteiger partial charge in [0, 0.05) is 33.1 Å². The van der Waals surface area contributed by atoms with E-state index in [0.717, 1.165) is 16.5 Å². The van der Waals surface area contributed by atoms with Crippen LogP contribution in [0.4, 0.5) is 0 Å². The van der Waals surface area contributed by atoms with E-state index in [9.17, 15) is 35.2 Å². The van der Waals surface area contributed by atoms with Crippen molar-refractivity contribution in [1.29, 1.82) is 0 Å². The predicted octanol–water partition coefficient (Wildman–Crippen LogP) is -0.311. The molecule has 2 heterocycles. The number of para-hydroxylation sites is 1. The van der Waals surface area contributed by atoms with Gasteiger partial charge in [-0.3, -0.25) is 10.0 Å². The number of H-pyrrole nitrogens is 1. The second-order valence-corrected chi connectivity index (χ2v) is 7.22. The first-order chi connectivity index (χ1) is 14.7. The number of hydrogen-bond donors (Lipinski definition) is 7. The van der Waals surface area contributed by atoms with Crippen LogP contribution in [0.1, 0.15) is 15.9 Å². The van der Waals surface area contributed by atoms with E-state index in [1.54, 1.807) is 6.20 Å². The fraction of sp³-hybridized carbons (Fsp3) is 0.143. The number of rotatable bonds is 5. The number of aromatic nitrogens is 1. The maximum atomic E-state index is 13.1. The monoisotopic (exact) mass is 425 g/mol. The van der Waals surface area contributed by atoms with Crippen molar-refractivity contribution in [3.63, 3.8) is 0 Å². The summed E-state index contributed by atoms with van der Waals surface area (Å²) in [5, 5.41) is 50.1. The number of carbonyl (C=O) groups excluding carboxylic acids is 1. The molecular formula is C21H19N3O7. The zero-order valence-electron chi connectivity index (χ0n) is 16.0. The number of carbonyl (C=O) groups is 2. The summed E-state index contributed by atoms with van der Waals surface area (Å²) in [6.45, 7) is 0. The molecule has 0 spiro atoms. The average Bonchev–Trinajstić information content (AvgIpc) is 3.17. The average molecular weight is 425 g/mol. The first-order valence-electron chi connectivity index (χ1n) is 9.23. The lowest BCUT2D eigenvalue weighted by atomic mass is 9.93. The molecule has 1 aromatic heterocycles. The lowest BCUT2D eigenvalue weighted by Crippen LogP contribution is -2.61. The molecule has 1 aliphatic heterocycles. The number of hydroxylamine groups is 2. The molecule has 10 heteroatoms. The van der Waals surface area contributed by atoms with Crippen molar-refractivity contribution in [1.82, 2.24) is 10.0 Å². The smallest absolute Gasteiger partial charge is 0.368 e. The molecule has 1 aliphatic rings. The highest BCUT2D eigenvalue weighted by Crippen LogP contribution is 2.25. The number of hydrogen-bond acceptors (Lipinski definition) is 8. The Kier molecular flexibility index (Phi) is 4.69. The van der Waals surface area contributed by atoms with Crippen LogP contribution in [0.5, 0.6) is 0 Å². The number of fused-ring (bicyclic) bond motifs is 2. The molecule has 0 aliphatic carbocycles. The number of Topliss-reactive ketones (excluding diaryl/α,β-unsaturated/α-hetero) is 1. The summed E-state index contributed by atoms with van der Waals surface area (Å²) in [6, 6.07) is 10.3. The van der Waals surface area contributed by atoms with Gasteiger partial charge in [0.25, 0.3) is 0 Å². The lowest BCUT2D eigenvalue weighted by molar-refractivity contribution is -0.226. The summed E-state index contributed by atoms with van der Waals surface area (Å²) in [5.41, 5.74) is 4.20. The van der Waals surface area contributed by atoms with E-state index in [-0.39, 0.29) is 22.3 Å². The minimum absolute atomic E-state index is 0.137. The van der Waals surface area contributed by atoms with E-state index >= 15 is 0 Å². The fourth-order valence-corrected chi connectivity index (χ4v) is 3.76. The molecule has 4 rings (SSSR count). The summed E-state index contributed by atoms with van der Waals surface area (Å²) >= 11 is 0. The van der Waals surface area contributed by atoms with Crippen molar-refractivity contribution < 1.29 is 35.2 Å². The van der Waals surface area contributed by atoms with E-state index in [0.29, 0.717) is 0 Å². The van der Waals surface area contributed by atoms with E-state index < -0.39 is 40.4 Å². The summed E-state index contributed by atoms with van der Waals surface area (Å²) in [4.78, 5) is 27.8. The Morgan fingerprint density at radius 2 is 1.84 bits per heavy atom. The Balaban J connectivity index is 1.83. The number of nitrogens with two attached hydrogens (primary N) is 1. The van der Waals surface area contributed by atoms with Crippen molar-refractivity contribution in [3.8, 4) is 0 Å². The predicted molar refractivity (Wildman–Crippen MR) is 108 cm³/mol. The van der Waals surface area contributed by atoms with E-state index in [1.165, 1.54) is 18.2 Å². The zero-order valence-corrected chi connectivity index (χ0v) is 16.0. The van der Waals surface area contributed by atoms with Gasteiger partial charge in [-0.05, 0) is 24.1 Å². The third kappa shape index (κ3) is 2.93. The van der Waals surface area contributed by atoms with Gasteiger partial charge in [-0.2, -0.15) is 5.06 Å². The molecule has 0 amide bonds. The molecule has 2 atom stereocenters. The molecule has 0 radical (unpaired) electrons. The topological polar surface area (TPSA) is 180 Å². The van der Waals surface area contributed by atoms with Gasteiger partial charge in [-0.1, -0.05) is 30.3 Å². The molecule has 10 nitrogen and oxygen atoms in total. The standard InChI is InChI=1S/C21H19N3O7/c22-14(8-10-9-23-15-7-2-1-4-11(10)15)17(25)12-5-3-6-13-16(12)18(26)21(30,20(28)29)24(31)19(13)27/h1-7,9,14,23,26-27,30-31H,8,22H2,(H,28,29). The van der Waals surface area contributed by atoms with Crippen LogP contribution in [0.2, 0.25) is 0 Å². The molecule has 160 valence electrons. The second-order valence-electron chi connectivity index (χ2n) is 7.22. The molecule has 2 aromatic carbocycles. The largest absolute Gasteiger partial charge is 0.506 e. The molecule has 3 aromatic rings. The highest BCUT2D eigenvalue weighted by Gasteiger charge is 2.51. The van der Waals surface area contributed by atoms with Gasteiger partial charge in [0.1, 0.15) is 0 Å². The molecule has 31 heavy (non-hydrogen) atoms. The highest BCUT2D eigenvalue weighted by molar-refractivity contribution is 6.02. The van der Waals surface area contributed by atoms with E-state index in [2.05, 4.69) is 4.98 Å². The van der Waals surface area contributed by atoms with Crippen molar-refractivity contribution in [3.05, 3.63) is 70.2 Å². The maximum absolute atomic E-state index is 13.1. The van der Waals surface area contributed by atoms with Crippen LogP contribution in [0, 0.1) is 0 Å². The van der Waals surface area contributed by atoms with Gasteiger partial charge in [0.05, 0.1) is 6.04 Å². The molecule has 0 saturated carbocycles. The van der Waals surface area contributed by atoms with Gasteiger partial charge in [-0.25, -0.2) is 4.79 Å². The molecule has 2 unspecified atom stereocenters. The second kappa shape index (κ2) is 7.13. The van der Waals surface area contributed by atoms with Crippen LogP contribution in [-0.2, 0) is 11.2 Å². The number of benzene rings is 2. The van der Waals surface area contributed by atoms with Gasteiger partial charge >= 0.3 is 11.7 Å². The Labute approximate surface area is 174 Å². The van der Waals surface area contributed by atoms with Gasteiger partial charge in [-0.15, -0.1) is 0 Å². The summed E-state index contributed by atoms with van der Waals surface area (Å²) in [7, 11) is 0. The summed E-state index contributed by atoms with van der Waals surface area (Å²) in [5.74, 6) is -4.98. The normalized spacial score (nSPS) is 19.4. The first-order valence-corrected chi connectivity index (χ1v) is 9.23. The van der Waals surface area contributed by atoms with Crippen LogP contribution < -0.4 is 16.2 Å². The Morgan fingerprint density at radius 3 is 2.55 bits per heavy atom. The number of carboxylic acids is 1. The fourth-order valence-electron chi connectivity index (χ4n) is 3.76. The van der Waals surface area contributed by atoms with Gasteiger partial charge in [0.2, 0.25) is 5.88 Å². The maximum Gasteiger partial charge on any atom is 0.368 e. The number of nitrogens with zero attached hydrogens (tertiary/aromatic N) is 1. The van der Waals surface area contributed by atoms with Crippen LogP contribution in [0.15, 0.2) is 48.7 Å². The Morgan fingerprint density at radius 1 is 1.13 bits per heavy atom. The van der Waals surface area contributed by atoms with Crippen molar-refractivity contribution in [2.75, 3.05) is 0 Å². The number of aromatic amines is 1. The van der Waals surface area contributed by atoms with E-state index in [1.807, 2.05) is 24.3 Å². The molecule has 8 N–H and O–H groups in total. The SMILES string of the molecule is NC(Cc1c[nH]c2ccccc12)C(=O)c1cccc2c1=C(O)C(O)(C(=O)O)N(O)C=2O. The first kappa shape index (κ1) is 20.4. The zero-order chi connectivity index (χ0) is 22.5. The molecular weight excluding hydrogens is 406 g/mol. The van der Waals surface area contributed by atoms with Crippen LogP contribution in [0.25, 0.3) is 22.5 Å². The molecule has 0 bridgehead atoms. The van der Waals surface area contributed by atoms with Gasteiger partial charge < -0.3 is 31.1 Å². The molecule has 0 saturated heterocycles. The van der Waals surface area contributed by atoms with Crippen LogP contribution in [-0.4, -0.2) is 59.2 Å². The minimum Gasteiger partial charge on any atom is -0.506 e. The number of carboxylic acid groups (broad SMARTS) is 1. The third-order valence-electron chi connectivity index (χ3n) is 5.39. The number of nitrogens with one attached hydrogen (secondary N) is 1. The highest BCUT2D eigenvalue weighted by atomic mass is 16.6. The minimum atomic E-state index is -3.38. The Bertz CT molecular complexity index is 1350. The Hall–Kier alpha value is -3.86. The third-order valence-corrected chi connectivity index (χ3v) is 5.39. The summed E-state index contributed by atoms with van der Waals surface area (Å²) < 4.78 is 0. The van der Waals surface area contributed by atoms with Crippen LogP contribution >= 0.6 is 0 Å². The van der Waals surface area contributed by atoms with Crippen molar-refractivity contribution in [2.24, 2.45) is 5.73 Å². The van der Waals surface area contributed by atoms with Crippen molar-refractivity contribution in [2.45, 2.75) is 18.2 Å². The molecule has 0 fully saturated rings. The number of aliphatic hydroxyl groups excluding tert-OH is 2. The number of ketones is 1. The summed E-state index contributed by atoms with van der Waals surface area (Å²) in [6.07, 6.45) is 1.87.